The van der Waals surface area contributed by atoms with Crippen molar-refractivity contribution in [1.82, 2.24) is 9.55 Å². The second-order valence-electron chi connectivity index (χ2n) is 9.78. The summed E-state index contributed by atoms with van der Waals surface area (Å²) in [7, 11) is 0. The molecule has 1 aromatic heterocycles. The van der Waals surface area contributed by atoms with Crippen molar-refractivity contribution in [3.05, 3.63) is 87.7 Å². The molecule has 6 heteroatoms. The fraction of sp³-hybridized carbons (Fsp3) is 0.345. The molecular weight excluding hydrogens is 454 g/mol. The van der Waals surface area contributed by atoms with E-state index in [9.17, 15) is 9.59 Å². The third-order valence-electron chi connectivity index (χ3n) is 7.46. The van der Waals surface area contributed by atoms with Crippen molar-refractivity contribution in [2.24, 2.45) is 0 Å². The minimum Gasteiger partial charge on any atom is -0.325 e. The van der Waals surface area contributed by atoms with Gasteiger partial charge in [0.25, 0.3) is 5.56 Å². The standard InChI is InChI=1S/C29H31N3O2S/c1-4-15-32-27(34)25-26(23-10-6-5-9-21(23)17-29(25)13-7-8-14-29)31-28(32)35-18-24(33)30-22-12-11-19(2)20(3)16-22/h4-6,9-12,16H,1,7-8,13-15,17-18H2,2-3H3,(H,30,33). The number of anilines is 1. The second kappa shape index (κ2) is 9.50. The molecule has 0 radical (unpaired) electrons. The monoisotopic (exact) mass is 485 g/mol. The number of allylic oxidation sites excluding steroid dienone is 1. The maximum absolute atomic E-state index is 14.0. The molecule has 1 heterocycles. The van der Waals surface area contributed by atoms with Gasteiger partial charge in [-0.15, -0.1) is 6.58 Å². The van der Waals surface area contributed by atoms with Crippen LogP contribution in [0.4, 0.5) is 5.69 Å². The summed E-state index contributed by atoms with van der Waals surface area (Å²) in [4.78, 5) is 31.8. The van der Waals surface area contributed by atoms with Crippen LogP contribution in [0.25, 0.3) is 11.3 Å². The van der Waals surface area contributed by atoms with Gasteiger partial charge in [-0.05, 0) is 61.9 Å². The lowest BCUT2D eigenvalue weighted by Gasteiger charge is -2.36. The maximum Gasteiger partial charge on any atom is 0.258 e. The van der Waals surface area contributed by atoms with Gasteiger partial charge in [-0.2, -0.15) is 0 Å². The zero-order chi connectivity index (χ0) is 24.6. The van der Waals surface area contributed by atoms with Crippen molar-refractivity contribution in [3.63, 3.8) is 0 Å². The van der Waals surface area contributed by atoms with Crippen molar-refractivity contribution in [2.75, 3.05) is 11.1 Å². The lowest BCUT2D eigenvalue weighted by atomic mass is 9.68. The van der Waals surface area contributed by atoms with Crippen LogP contribution in [0.15, 0.2) is 65.1 Å². The molecule has 1 fully saturated rings. The Hall–Kier alpha value is -3.12. The minimum absolute atomic E-state index is 0.0170. The average molecular weight is 486 g/mol. The number of nitrogens with zero attached hydrogens (tertiary/aromatic N) is 2. The number of nitrogens with one attached hydrogen (secondary N) is 1. The van der Waals surface area contributed by atoms with Crippen LogP contribution in [0.2, 0.25) is 0 Å². The van der Waals surface area contributed by atoms with Crippen molar-refractivity contribution < 1.29 is 4.79 Å². The molecule has 2 aromatic carbocycles. The van der Waals surface area contributed by atoms with Gasteiger partial charge in [-0.1, -0.05) is 61.0 Å². The molecule has 1 amide bonds. The van der Waals surface area contributed by atoms with E-state index in [0.29, 0.717) is 11.7 Å². The largest absolute Gasteiger partial charge is 0.325 e. The molecule has 1 saturated carbocycles. The number of fused-ring (bicyclic) bond motifs is 4. The predicted molar refractivity (Wildman–Crippen MR) is 143 cm³/mol. The zero-order valence-corrected chi connectivity index (χ0v) is 21.2. The van der Waals surface area contributed by atoms with E-state index in [0.717, 1.165) is 60.2 Å². The van der Waals surface area contributed by atoms with Crippen LogP contribution < -0.4 is 10.9 Å². The van der Waals surface area contributed by atoms with E-state index in [-0.39, 0.29) is 22.6 Å². The van der Waals surface area contributed by atoms with E-state index in [4.69, 9.17) is 4.98 Å². The fourth-order valence-electron chi connectivity index (χ4n) is 5.59. The summed E-state index contributed by atoms with van der Waals surface area (Å²) in [6.45, 7) is 8.31. The average Bonchev–Trinajstić information content (AvgIpc) is 3.30. The highest BCUT2D eigenvalue weighted by molar-refractivity contribution is 7.99. The summed E-state index contributed by atoms with van der Waals surface area (Å²) in [5, 5.41) is 3.53. The van der Waals surface area contributed by atoms with E-state index >= 15 is 0 Å². The number of hydrogen-bond acceptors (Lipinski definition) is 4. The molecule has 180 valence electrons. The molecule has 0 bridgehead atoms. The van der Waals surface area contributed by atoms with Gasteiger partial charge in [0.05, 0.1) is 17.0 Å². The molecule has 5 nitrogen and oxygen atoms in total. The Kier molecular flexibility index (Phi) is 6.41. The van der Waals surface area contributed by atoms with Crippen LogP contribution >= 0.6 is 11.8 Å². The zero-order valence-electron chi connectivity index (χ0n) is 20.4. The van der Waals surface area contributed by atoms with Crippen LogP contribution in [0.1, 0.15) is 47.9 Å². The maximum atomic E-state index is 14.0. The summed E-state index contributed by atoms with van der Waals surface area (Å²) in [6, 6.07) is 14.2. The Labute approximate surface area is 210 Å². The third kappa shape index (κ3) is 4.36. The first-order chi connectivity index (χ1) is 16.9. The molecular formula is C29H31N3O2S. The summed E-state index contributed by atoms with van der Waals surface area (Å²) in [6.07, 6.45) is 6.93. The molecule has 2 aliphatic rings. The van der Waals surface area contributed by atoms with Crippen LogP contribution in [0, 0.1) is 13.8 Å². The Morgan fingerprint density at radius 2 is 1.94 bits per heavy atom. The van der Waals surface area contributed by atoms with Crippen LogP contribution in [-0.2, 0) is 23.2 Å². The van der Waals surface area contributed by atoms with Crippen molar-refractivity contribution in [2.45, 2.75) is 63.1 Å². The second-order valence-corrected chi connectivity index (χ2v) is 10.7. The number of carbonyl (C=O) groups excluding carboxylic acids is 1. The Bertz CT molecular complexity index is 1370. The summed E-state index contributed by atoms with van der Waals surface area (Å²) in [5.41, 5.74) is 6.94. The van der Waals surface area contributed by atoms with E-state index < -0.39 is 0 Å². The molecule has 2 aliphatic carbocycles. The number of rotatable bonds is 6. The molecule has 35 heavy (non-hydrogen) atoms. The Balaban J connectivity index is 1.50. The van der Waals surface area contributed by atoms with Crippen molar-refractivity contribution >= 4 is 23.4 Å². The molecule has 1 N–H and O–H groups in total. The first kappa shape index (κ1) is 23.6. The van der Waals surface area contributed by atoms with Gasteiger partial charge in [0.2, 0.25) is 5.91 Å². The van der Waals surface area contributed by atoms with Gasteiger partial charge >= 0.3 is 0 Å². The van der Waals surface area contributed by atoms with Crippen LogP contribution in [-0.4, -0.2) is 21.2 Å². The number of amides is 1. The number of carbonyl (C=O) groups is 1. The quantitative estimate of drug-likeness (QED) is 0.272. The third-order valence-corrected chi connectivity index (χ3v) is 8.44. The van der Waals surface area contributed by atoms with Gasteiger partial charge in [-0.25, -0.2) is 4.98 Å². The van der Waals surface area contributed by atoms with E-state index in [1.165, 1.54) is 22.9 Å². The minimum atomic E-state index is -0.138. The molecule has 0 aliphatic heterocycles. The smallest absolute Gasteiger partial charge is 0.258 e. The van der Waals surface area contributed by atoms with E-state index in [2.05, 4.69) is 30.1 Å². The Morgan fingerprint density at radius 3 is 2.69 bits per heavy atom. The number of aromatic nitrogens is 2. The topological polar surface area (TPSA) is 64.0 Å². The lowest BCUT2D eigenvalue weighted by molar-refractivity contribution is -0.113. The highest BCUT2D eigenvalue weighted by Gasteiger charge is 2.44. The number of benzene rings is 2. The van der Waals surface area contributed by atoms with Crippen LogP contribution in [0.3, 0.4) is 0 Å². The Morgan fingerprint density at radius 1 is 1.17 bits per heavy atom. The molecule has 1 spiro atoms. The highest BCUT2D eigenvalue weighted by atomic mass is 32.2. The first-order valence-electron chi connectivity index (χ1n) is 12.3. The molecule has 0 unspecified atom stereocenters. The molecule has 0 atom stereocenters. The van der Waals surface area contributed by atoms with Gasteiger partial charge in [0, 0.05) is 23.2 Å². The van der Waals surface area contributed by atoms with Gasteiger partial charge < -0.3 is 5.32 Å². The first-order valence-corrected chi connectivity index (χ1v) is 13.2. The SMILES string of the molecule is C=CCn1c(SCC(=O)Nc2ccc(C)c(C)c2)nc2c(c1=O)C1(CCCC1)Cc1ccccc1-2. The van der Waals surface area contributed by atoms with Gasteiger partial charge in [-0.3, -0.25) is 14.2 Å². The highest BCUT2D eigenvalue weighted by Crippen LogP contribution is 2.49. The van der Waals surface area contributed by atoms with Crippen LogP contribution in [0.5, 0.6) is 0 Å². The van der Waals surface area contributed by atoms with Crippen molar-refractivity contribution in [3.8, 4) is 11.3 Å². The lowest BCUT2D eigenvalue weighted by Crippen LogP contribution is -2.40. The predicted octanol–water partition coefficient (Wildman–Crippen LogP) is 5.81. The molecule has 5 rings (SSSR count). The fourth-order valence-corrected chi connectivity index (χ4v) is 6.39. The molecule has 3 aromatic rings. The van der Waals surface area contributed by atoms with E-state index in [1.807, 2.05) is 38.1 Å². The number of aryl methyl sites for hydroxylation is 2. The number of hydrogen-bond donors (Lipinski definition) is 1. The summed E-state index contributed by atoms with van der Waals surface area (Å²) in [5.74, 6) is 0.0465. The van der Waals surface area contributed by atoms with Crippen molar-refractivity contribution in [1.29, 1.82) is 0 Å². The summed E-state index contributed by atoms with van der Waals surface area (Å²) < 4.78 is 1.70. The van der Waals surface area contributed by atoms with E-state index in [1.54, 1.807) is 10.6 Å². The number of thioether (sulfide) groups is 1. The normalized spacial score (nSPS) is 15.5. The molecule has 0 saturated heterocycles. The summed E-state index contributed by atoms with van der Waals surface area (Å²) >= 11 is 1.31. The van der Waals surface area contributed by atoms with Gasteiger partial charge in [0.15, 0.2) is 5.16 Å². The van der Waals surface area contributed by atoms with Gasteiger partial charge in [0.1, 0.15) is 0 Å².